The van der Waals surface area contributed by atoms with Gasteiger partial charge in [-0.2, -0.15) is 0 Å². The molecule has 92 valence electrons. The first-order chi connectivity index (χ1) is 8.49. The standard InChI is InChI=1S/C9H4FN3O5/c10-4-1-2-5(6(3-4)13(16)17)7-11-12-8(18-7)9(14)15/h1-3H,(H,14,15). The van der Waals surface area contributed by atoms with E-state index in [9.17, 15) is 19.3 Å². The summed E-state index contributed by atoms with van der Waals surface area (Å²) in [7, 11) is 0. The average Bonchev–Trinajstić information content (AvgIpc) is 2.78. The van der Waals surface area contributed by atoms with Crippen molar-refractivity contribution in [3.05, 3.63) is 40.0 Å². The van der Waals surface area contributed by atoms with E-state index in [0.29, 0.717) is 6.07 Å². The Labute approximate surface area is 97.8 Å². The van der Waals surface area contributed by atoms with Gasteiger partial charge in [0.2, 0.25) is 0 Å². The Bertz CT molecular complexity index is 639. The predicted molar refractivity (Wildman–Crippen MR) is 53.3 cm³/mol. The minimum atomic E-state index is -1.46. The second kappa shape index (κ2) is 4.20. The molecule has 0 atom stereocenters. The van der Waals surface area contributed by atoms with Gasteiger partial charge in [0.15, 0.2) is 0 Å². The Kier molecular flexibility index (Phi) is 2.72. The average molecular weight is 253 g/mol. The lowest BCUT2D eigenvalue weighted by atomic mass is 10.2. The molecule has 0 bridgehead atoms. The van der Waals surface area contributed by atoms with E-state index >= 15 is 0 Å². The number of hydrogen-bond donors (Lipinski definition) is 1. The third-order valence-corrected chi connectivity index (χ3v) is 1.99. The zero-order valence-electron chi connectivity index (χ0n) is 8.53. The quantitative estimate of drug-likeness (QED) is 0.649. The number of benzene rings is 1. The summed E-state index contributed by atoms with van der Waals surface area (Å²) < 4.78 is 17.6. The van der Waals surface area contributed by atoms with Crippen molar-refractivity contribution in [2.45, 2.75) is 0 Å². The first-order valence-electron chi connectivity index (χ1n) is 4.50. The second-order valence-electron chi connectivity index (χ2n) is 3.14. The maximum Gasteiger partial charge on any atom is 0.393 e. The van der Waals surface area contributed by atoms with E-state index in [1.807, 2.05) is 0 Å². The normalized spacial score (nSPS) is 10.3. The summed E-state index contributed by atoms with van der Waals surface area (Å²) in [6.07, 6.45) is 0. The number of carbonyl (C=O) groups is 1. The summed E-state index contributed by atoms with van der Waals surface area (Å²) in [4.78, 5) is 20.4. The lowest BCUT2D eigenvalue weighted by molar-refractivity contribution is -0.384. The zero-order chi connectivity index (χ0) is 13.3. The van der Waals surface area contributed by atoms with Gasteiger partial charge in [-0.1, -0.05) is 0 Å². The van der Waals surface area contributed by atoms with E-state index in [1.54, 1.807) is 0 Å². The van der Waals surface area contributed by atoms with Gasteiger partial charge in [-0.3, -0.25) is 10.1 Å². The molecule has 0 saturated heterocycles. The van der Waals surface area contributed by atoms with Gasteiger partial charge in [0.1, 0.15) is 11.4 Å². The number of rotatable bonds is 3. The first kappa shape index (κ1) is 11.6. The van der Waals surface area contributed by atoms with E-state index in [2.05, 4.69) is 10.2 Å². The predicted octanol–water partition coefficient (Wildman–Crippen LogP) is 1.48. The van der Waals surface area contributed by atoms with Crippen LogP contribution in [0.3, 0.4) is 0 Å². The van der Waals surface area contributed by atoms with E-state index in [-0.39, 0.29) is 11.5 Å². The Morgan fingerprint density at radius 3 is 2.72 bits per heavy atom. The smallest absolute Gasteiger partial charge is 0.393 e. The molecule has 0 saturated carbocycles. The summed E-state index contributed by atoms with van der Waals surface area (Å²) in [6.45, 7) is 0. The minimum Gasteiger partial charge on any atom is -0.474 e. The molecule has 0 aliphatic carbocycles. The maximum absolute atomic E-state index is 12.9. The van der Waals surface area contributed by atoms with Crippen molar-refractivity contribution >= 4 is 11.7 Å². The third-order valence-electron chi connectivity index (χ3n) is 1.99. The molecule has 1 aromatic carbocycles. The molecule has 2 aromatic rings. The lowest BCUT2D eigenvalue weighted by Crippen LogP contribution is -1.95. The molecule has 1 N–H and O–H groups in total. The van der Waals surface area contributed by atoms with Crippen molar-refractivity contribution in [3.8, 4) is 11.5 Å². The third kappa shape index (κ3) is 2.00. The lowest BCUT2D eigenvalue weighted by Gasteiger charge is -1.97. The summed E-state index contributed by atoms with van der Waals surface area (Å²) in [5.74, 6) is -3.33. The minimum absolute atomic E-state index is 0.151. The molecule has 2 rings (SSSR count). The number of nitro groups is 1. The summed E-state index contributed by atoms with van der Waals surface area (Å²) in [5, 5.41) is 25.8. The van der Waals surface area contributed by atoms with Crippen LogP contribution in [0.1, 0.15) is 10.7 Å². The fourth-order valence-corrected chi connectivity index (χ4v) is 1.26. The van der Waals surface area contributed by atoms with Gasteiger partial charge in [0.05, 0.1) is 11.0 Å². The Balaban J connectivity index is 2.55. The van der Waals surface area contributed by atoms with Crippen LogP contribution in [0.25, 0.3) is 11.5 Å². The molecular weight excluding hydrogens is 249 g/mol. The molecule has 0 fully saturated rings. The topological polar surface area (TPSA) is 119 Å². The van der Waals surface area contributed by atoms with Crippen molar-refractivity contribution in [1.82, 2.24) is 10.2 Å². The van der Waals surface area contributed by atoms with Crippen LogP contribution < -0.4 is 0 Å². The number of nitrogens with zero attached hydrogens (tertiary/aromatic N) is 3. The largest absolute Gasteiger partial charge is 0.474 e. The Hall–Kier alpha value is -2.84. The van der Waals surface area contributed by atoms with Crippen LogP contribution in [-0.4, -0.2) is 26.2 Å². The molecule has 1 heterocycles. The fourth-order valence-electron chi connectivity index (χ4n) is 1.26. The van der Waals surface area contributed by atoms with Crippen LogP contribution in [0.2, 0.25) is 0 Å². The summed E-state index contributed by atoms with van der Waals surface area (Å²) >= 11 is 0. The van der Waals surface area contributed by atoms with E-state index in [1.165, 1.54) is 0 Å². The van der Waals surface area contributed by atoms with Crippen LogP contribution in [0.4, 0.5) is 10.1 Å². The van der Waals surface area contributed by atoms with Crippen LogP contribution in [0.5, 0.6) is 0 Å². The summed E-state index contributed by atoms with van der Waals surface area (Å²) in [5.41, 5.74) is -0.739. The Morgan fingerprint density at radius 1 is 1.44 bits per heavy atom. The zero-order valence-corrected chi connectivity index (χ0v) is 8.53. The van der Waals surface area contributed by atoms with Crippen molar-refractivity contribution < 1.29 is 23.6 Å². The van der Waals surface area contributed by atoms with E-state index in [0.717, 1.165) is 12.1 Å². The van der Waals surface area contributed by atoms with Crippen LogP contribution in [0.15, 0.2) is 22.6 Å². The van der Waals surface area contributed by atoms with Crippen molar-refractivity contribution in [2.24, 2.45) is 0 Å². The number of aromatic nitrogens is 2. The number of nitro benzene ring substituents is 1. The van der Waals surface area contributed by atoms with Gasteiger partial charge in [-0.15, -0.1) is 10.2 Å². The van der Waals surface area contributed by atoms with E-state index in [4.69, 9.17) is 9.52 Å². The number of carboxylic acid groups (broad SMARTS) is 1. The van der Waals surface area contributed by atoms with Crippen LogP contribution in [-0.2, 0) is 0 Å². The van der Waals surface area contributed by atoms with Gasteiger partial charge < -0.3 is 9.52 Å². The van der Waals surface area contributed by atoms with Crippen molar-refractivity contribution in [2.75, 3.05) is 0 Å². The molecule has 0 unspecified atom stereocenters. The Morgan fingerprint density at radius 2 is 2.17 bits per heavy atom. The second-order valence-corrected chi connectivity index (χ2v) is 3.14. The van der Waals surface area contributed by atoms with E-state index < -0.39 is 28.3 Å². The SMILES string of the molecule is O=C(O)c1nnc(-c2ccc(F)cc2[N+](=O)[O-])o1. The maximum atomic E-state index is 12.9. The number of aromatic carboxylic acids is 1. The molecule has 0 amide bonds. The van der Waals surface area contributed by atoms with Gasteiger partial charge in [0.25, 0.3) is 11.6 Å². The first-order valence-corrected chi connectivity index (χ1v) is 4.50. The fraction of sp³-hybridized carbons (Fsp3) is 0. The number of hydrogen-bond acceptors (Lipinski definition) is 6. The molecule has 0 spiro atoms. The molecule has 0 aliphatic heterocycles. The van der Waals surface area contributed by atoms with Crippen LogP contribution in [0, 0.1) is 15.9 Å². The van der Waals surface area contributed by atoms with Crippen molar-refractivity contribution in [3.63, 3.8) is 0 Å². The van der Waals surface area contributed by atoms with Gasteiger partial charge in [-0.05, 0) is 12.1 Å². The molecule has 0 aliphatic rings. The number of carboxylic acids is 1. The highest BCUT2D eigenvalue weighted by Gasteiger charge is 2.22. The van der Waals surface area contributed by atoms with Gasteiger partial charge >= 0.3 is 11.9 Å². The van der Waals surface area contributed by atoms with Crippen molar-refractivity contribution in [1.29, 1.82) is 0 Å². The van der Waals surface area contributed by atoms with Gasteiger partial charge in [0, 0.05) is 0 Å². The highest BCUT2D eigenvalue weighted by molar-refractivity contribution is 5.82. The molecule has 8 nitrogen and oxygen atoms in total. The van der Waals surface area contributed by atoms with Crippen LogP contribution >= 0.6 is 0 Å². The molecular formula is C9H4FN3O5. The number of halogens is 1. The molecule has 18 heavy (non-hydrogen) atoms. The highest BCUT2D eigenvalue weighted by Crippen LogP contribution is 2.29. The molecule has 9 heteroatoms. The highest BCUT2D eigenvalue weighted by atomic mass is 19.1. The monoisotopic (exact) mass is 253 g/mol. The molecule has 1 aromatic heterocycles. The molecule has 0 radical (unpaired) electrons. The van der Waals surface area contributed by atoms with Gasteiger partial charge in [-0.25, -0.2) is 9.18 Å². The summed E-state index contributed by atoms with van der Waals surface area (Å²) in [6, 6.07) is 2.71.